The molecule has 1 fully saturated rings. The lowest BCUT2D eigenvalue weighted by molar-refractivity contribution is -0.122. The third-order valence-electron chi connectivity index (χ3n) is 2.82. The quantitative estimate of drug-likeness (QED) is 0.760. The molecule has 0 atom stereocenters. The van der Waals surface area contributed by atoms with Crippen LogP contribution in [0, 0.1) is 5.92 Å². The molecule has 0 aliphatic heterocycles. The maximum atomic E-state index is 11.3. The zero-order valence-corrected chi connectivity index (χ0v) is 10.5. The van der Waals surface area contributed by atoms with E-state index in [1.165, 1.54) is 0 Å². The summed E-state index contributed by atoms with van der Waals surface area (Å²) >= 11 is 6.03. The molecular weight excluding hydrogens is 236 g/mol. The minimum absolute atomic E-state index is 0.199. The molecule has 1 aromatic carbocycles. The molecule has 0 aromatic heterocycles. The van der Waals surface area contributed by atoms with Crippen molar-refractivity contribution < 1.29 is 4.79 Å². The second-order valence-corrected chi connectivity index (χ2v) is 4.74. The van der Waals surface area contributed by atoms with E-state index in [9.17, 15) is 4.79 Å². The fraction of sp³-hybridized carbons (Fsp3) is 0.462. The van der Waals surface area contributed by atoms with Gasteiger partial charge in [-0.05, 0) is 24.5 Å². The molecule has 92 valence electrons. The highest BCUT2D eigenvalue weighted by molar-refractivity contribution is 6.31. The lowest BCUT2D eigenvalue weighted by Crippen LogP contribution is -2.32. The largest absolute Gasteiger partial charge is 0.355 e. The summed E-state index contributed by atoms with van der Waals surface area (Å²) in [5.74, 6) is 0.489. The fourth-order valence-electron chi connectivity index (χ4n) is 1.63. The molecule has 0 heterocycles. The van der Waals surface area contributed by atoms with Gasteiger partial charge in [0.15, 0.2) is 0 Å². The Morgan fingerprint density at radius 1 is 1.29 bits per heavy atom. The van der Waals surface area contributed by atoms with E-state index in [0.717, 1.165) is 36.5 Å². The van der Waals surface area contributed by atoms with Crippen molar-refractivity contribution in [3.8, 4) is 0 Å². The van der Waals surface area contributed by atoms with E-state index in [1.807, 2.05) is 24.3 Å². The molecule has 1 amide bonds. The average molecular weight is 253 g/mol. The topological polar surface area (TPSA) is 41.1 Å². The number of rotatable bonds is 6. The van der Waals surface area contributed by atoms with Crippen molar-refractivity contribution in [2.45, 2.75) is 19.4 Å². The van der Waals surface area contributed by atoms with Crippen LogP contribution in [0.3, 0.4) is 0 Å². The summed E-state index contributed by atoms with van der Waals surface area (Å²) in [6.45, 7) is 2.18. The van der Waals surface area contributed by atoms with Crippen LogP contribution in [0.15, 0.2) is 24.3 Å². The Bertz CT molecular complexity index is 391. The highest BCUT2D eigenvalue weighted by Gasteiger charge is 2.28. The van der Waals surface area contributed by atoms with Gasteiger partial charge in [0.2, 0.25) is 5.91 Å². The smallest absolute Gasteiger partial charge is 0.223 e. The maximum Gasteiger partial charge on any atom is 0.223 e. The van der Waals surface area contributed by atoms with Gasteiger partial charge in [-0.2, -0.15) is 0 Å². The number of amides is 1. The molecule has 0 unspecified atom stereocenters. The molecule has 1 aliphatic carbocycles. The van der Waals surface area contributed by atoms with Gasteiger partial charge in [-0.1, -0.05) is 29.8 Å². The Labute approximate surface area is 107 Å². The Kier molecular flexibility index (Phi) is 4.40. The van der Waals surface area contributed by atoms with Crippen molar-refractivity contribution in [3.63, 3.8) is 0 Å². The predicted octanol–water partition coefficient (Wildman–Crippen LogP) is 1.96. The molecule has 0 saturated heterocycles. The van der Waals surface area contributed by atoms with E-state index in [-0.39, 0.29) is 5.91 Å². The van der Waals surface area contributed by atoms with Crippen molar-refractivity contribution in [2.24, 2.45) is 5.92 Å². The van der Waals surface area contributed by atoms with Crippen LogP contribution in [0.4, 0.5) is 0 Å². The second kappa shape index (κ2) is 6.03. The minimum atomic E-state index is 0.199. The van der Waals surface area contributed by atoms with Crippen LogP contribution in [-0.2, 0) is 11.3 Å². The molecule has 3 nitrogen and oxygen atoms in total. The van der Waals surface area contributed by atoms with Gasteiger partial charge in [-0.3, -0.25) is 4.79 Å². The molecule has 4 heteroatoms. The Morgan fingerprint density at radius 3 is 2.76 bits per heavy atom. The summed E-state index contributed by atoms with van der Waals surface area (Å²) < 4.78 is 0. The Morgan fingerprint density at radius 2 is 2.06 bits per heavy atom. The first-order valence-corrected chi connectivity index (χ1v) is 6.37. The van der Waals surface area contributed by atoms with Gasteiger partial charge in [0.25, 0.3) is 0 Å². The molecule has 2 rings (SSSR count). The summed E-state index contributed by atoms with van der Waals surface area (Å²) in [6, 6.07) is 7.77. The summed E-state index contributed by atoms with van der Waals surface area (Å²) in [5.41, 5.74) is 1.09. The third kappa shape index (κ3) is 4.02. The minimum Gasteiger partial charge on any atom is -0.355 e. The Hall–Kier alpha value is -1.06. The first-order valence-electron chi connectivity index (χ1n) is 5.99. The first kappa shape index (κ1) is 12.4. The van der Waals surface area contributed by atoms with Gasteiger partial charge < -0.3 is 10.6 Å². The van der Waals surface area contributed by atoms with Crippen LogP contribution in [-0.4, -0.2) is 19.0 Å². The summed E-state index contributed by atoms with van der Waals surface area (Å²) in [7, 11) is 0. The van der Waals surface area contributed by atoms with Gasteiger partial charge in [0.1, 0.15) is 0 Å². The molecule has 0 radical (unpaired) electrons. The number of carbonyl (C=O) groups is 1. The van der Waals surface area contributed by atoms with Crippen LogP contribution in [0.5, 0.6) is 0 Å². The van der Waals surface area contributed by atoms with Gasteiger partial charge in [-0.15, -0.1) is 0 Å². The van der Waals surface area contributed by atoms with E-state index in [0.29, 0.717) is 12.5 Å². The second-order valence-electron chi connectivity index (χ2n) is 4.33. The van der Waals surface area contributed by atoms with Gasteiger partial charge in [-0.25, -0.2) is 0 Å². The molecule has 0 spiro atoms. The standard InChI is InChI=1S/C13H17ClN2O/c14-12-4-2-1-3-11(12)9-15-7-8-16-13(17)10-5-6-10/h1-4,10,15H,5-9H2,(H,16,17). The van der Waals surface area contributed by atoms with E-state index in [1.54, 1.807) is 0 Å². The molecule has 2 N–H and O–H groups in total. The van der Waals surface area contributed by atoms with Crippen molar-refractivity contribution in [3.05, 3.63) is 34.9 Å². The maximum absolute atomic E-state index is 11.3. The van der Waals surface area contributed by atoms with E-state index < -0.39 is 0 Å². The predicted molar refractivity (Wildman–Crippen MR) is 68.9 cm³/mol. The number of nitrogens with one attached hydrogen (secondary N) is 2. The number of hydrogen-bond acceptors (Lipinski definition) is 2. The number of benzene rings is 1. The van der Waals surface area contributed by atoms with E-state index >= 15 is 0 Å². The van der Waals surface area contributed by atoms with E-state index in [4.69, 9.17) is 11.6 Å². The van der Waals surface area contributed by atoms with Gasteiger partial charge >= 0.3 is 0 Å². The monoisotopic (exact) mass is 252 g/mol. The van der Waals surface area contributed by atoms with Crippen molar-refractivity contribution >= 4 is 17.5 Å². The number of hydrogen-bond donors (Lipinski definition) is 2. The normalized spacial score (nSPS) is 14.6. The molecule has 1 aromatic rings. The van der Waals surface area contributed by atoms with Crippen LogP contribution in [0.25, 0.3) is 0 Å². The molecular formula is C13H17ClN2O. The molecule has 1 saturated carbocycles. The molecule has 1 aliphatic rings. The van der Waals surface area contributed by atoms with Gasteiger partial charge in [0.05, 0.1) is 0 Å². The average Bonchev–Trinajstić information content (AvgIpc) is 3.14. The van der Waals surface area contributed by atoms with Crippen LogP contribution in [0.2, 0.25) is 5.02 Å². The van der Waals surface area contributed by atoms with E-state index in [2.05, 4.69) is 10.6 Å². The summed E-state index contributed by atoms with van der Waals surface area (Å²) in [6.07, 6.45) is 2.11. The first-order chi connectivity index (χ1) is 8.27. The third-order valence-corrected chi connectivity index (χ3v) is 3.19. The highest BCUT2D eigenvalue weighted by Crippen LogP contribution is 2.28. The number of halogens is 1. The van der Waals surface area contributed by atoms with Gasteiger partial charge in [0, 0.05) is 30.6 Å². The zero-order valence-electron chi connectivity index (χ0n) is 9.71. The fourth-order valence-corrected chi connectivity index (χ4v) is 1.83. The van der Waals surface area contributed by atoms with Crippen molar-refractivity contribution in [2.75, 3.05) is 13.1 Å². The van der Waals surface area contributed by atoms with Crippen molar-refractivity contribution in [1.29, 1.82) is 0 Å². The lowest BCUT2D eigenvalue weighted by Gasteiger charge is -2.07. The van der Waals surface area contributed by atoms with Crippen LogP contribution in [0.1, 0.15) is 18.4 Å². The molecule has 0 bridgehead atoms. The van der Waals surface area contributed by atoms with Crippen LogP contribution < -0.4 is 10.6 Å². The Balaban J connectivity index is 1.59. The number of carbonyl (C=O) groups excluding carboxylic acids is 1. The SMILES string of the molecule is O=C(NCCNCc1ccccc1Cl)C1CC1. The van der Waals surface area contributed by atoms with Crippen LogP contribution >= 0.6 is 11.6 Å². The summed E-state index contributed by atoms with van der Waals surface area (Å²) in [4.78, 5) is 11.3. The zero-order chi connectivity index (χ0) is 12.1. The van der Waals surface area contributed by atoms with Crippen molar-refractivity contribution in [1.82, 2.24) is 10.6 Å². The summed E-state index contributed by atoms with van der Waals surface area (Å²) in [5, 5.41) is 6.95. The highest BCUT2D eigenvalue weighted by atomic mass is 35.5. The molecule has 17 heavy (non-hydrogen) atoms. The lowest BCUT2D eigenvalue weighted by atomic mass is 10.2.